The van der Waals surface area contributed by atoms with Crippen molar-refractivity contribution < 1.29 is 17.9 Å². The van der Waals surface area contributed by atoms with E-state index in [2.05, 4.69) is 10.2 Å². The summed E-state index contributed by atoms with van der Waals surface area (Å²) in [5.41, 5.74) is 2.69. The number of rotatable bonds is 7. The molecule has 1 saturated heterocycles. The molecule has 178 valence electrons. The molecular weight excluding hydrogens is 450 g/mol. The van der Waals surface area contributed by atoms with Gasteiger partial charge in [0.25, 0.3) is 5.91 Å². The second kappa shape index (κ2) is 10.4. The summed E-state index contributed by atoms with van der Waals surface area (Å²) in [6.07, 6.45) is -0.726. The maximum absolute atomic E-state index is 12.9. The molecule has 4 rings (SSSR count). The van der Waals surface area contributed by atoms with Crippen LogP contribution in [-0.2, 0) is 14.8 Å². The largest absolute Gasteiger partial charge is 0.481 e. The average Bonchev–Trinajstić information content (AvgIpc) is 2.85. The number of hydrogen-bond donors (Lipinski definition) is 1. The van der Waals surface area contributed by atoms with Gasteiger partial charge in [0, 0.05) is 31.9 Å². The van der Waals surface area contributed by atoms with Crippen molar-refractivity contribution in [2.45, 2.75) is 17.9 Å². The lowest BCUT2D eigenvalue weighted by molar-refractivity contribution is -0.122. The third kappa shape index (κ3) is 5.64. The van der Waals surface area contributed by atoms with E-state index in [9.17, 15) is 13.2 Å². The molecule has 1 aliphatic rings. The highest BCUT2D eigenvalue weighted by molar-refractivity contribution is 7.89. The third-order valence-corrected chi connectivity index (χ3v) is 7.78. The van der Waals surface area contributed by atoms with Gasteiger partial charge in [-0.15, -0.1) is 0 Å². The molecule has 8 heteroatoms. The SMILES string of the molecule is CC(Oc1ccc(-c2ccccc2)cc1)C(=O)Nc1ccc(S(=O)(=O)N2CCN(C)CC2)cc1. The van der Waals surface area contributed by atoms with Crippen LogP contribution in [0.4, 0.5) is 5.69 Å². The van der Waals surface area contributed by atoms with E-state index in [0.717, 1.165) is 11.1 Å². The molecule has 1 N–H and O–H groups in total. The Morgan fingerprint density at radius 1 is 0.853 bits per heavy atom. The van der Waals surface area contributed by atoms with Crippen LogP contribution in [0.15, 0.2) is 83.8 Å². The van der Waals surface area contributed by atoms with Crippen molar-refractivity contribution in [3.8, 4) is 16.9 Å². The first-order valence-corrected chi connectivity index (χ1v) is 12.7. The minimum Gasteiger partial charge on any atom is -0.481 e. The van der Waals surface area contributed by atoms with Crippen molar-refractivity contribution in [1.29, 1.82) is 0 Å². The van der Waals surface area contributed by atoms with Crippen LogP contribution in [-0.4, -0.2) is 62.9 Å². The molecule has 0 radical (unpaired) electrons. The Bertz CT molecular complexity index is 1210. The summed E-state index contributed by atoms with van der Waals surface area (Å²) < 4.78 is 33.0. The molecule has 1 fully saturated rings. The molecule has 0 aliphatic carbocycles. The van der Waals surface area contributed by atoms with E-state index >= 15 is 0 Å². The molecule has 0 saturated carbocycles. The number of nitrogens with zero attached hydrogens (tertiary/aromatic N) is 2. The summed E-state index contributed by atoms with van der Waals surface area (Å²) in [7, 11) is -1.56. The van der Waals surface area contributed by atoms with Gasteiger partial charge >= 0.3 is 0 Å². The molecule has 0 spiro atoms. The van der Waals surface area contributed by atoms with E-state index in [1.807, 2.05) is 61.6 Å². The lowest BCUT2D eigenvalue weighted by Crippen LogP contribution is -2.46. The van der Waals surface area contributed by atoms with Gasteiger partial charge in [-0.25, -0.2) is 8.42 Å². The normalized spacial score (nSPS) is 16.1. The maximum Gasteiger partial charge on any atom is 0.265 e. The fourth-order valence-corrected chi connectivity index (χ4v) is 5.17. The number of carbonyl (C=O) groups excluding carboxylic acids is 1. The molecule has 0 aromatic heterocycles. The highest BCUT2D eigenvalue weighted by atomic mass is 32.2. The predicted octanol–water partition coefficient (Wildman–Crippen LogP) is 3.70. The lowest BCUT2D eigenvalue weighted by Gasteiger charge is -2.31. The van der Waals surface area contributed by atoms with Crippen molar-refractivity contribution in [2.24, 2.45) is 0 Å². The van der Waals surface area contributed by atoms with Crippen LogP contribution < -0.4 is 10.1 Å². The number of benzene rings is 3. The van der Waals surface area contributed by atoms with Gasteiger partial charge in [0.15, 0.2) is 6.10 Å². The van der Waals surface area contributed by atoms with E-state index in [4.69, 9.17) is 4.74 Å². The Balaban J connectivity index is 1.34. The zero-order chi connectivity index (χ0) is 24.1. The quantitative estimate of drug-likeness (QED) is 0.559. The fourth-order valence-electron chi connectivity index (χ4n) is 3.75. The van der Waals surface area contributed by atoms with Gasteiger partial charge in [0.05, 0.1) is 4.90 Å². The van der Waals surface area contributed by atoms with Crippen LogP contribution in [0.2, 0.25) is 0 Å². The summed E-state index contributed by atoms with van der Waals surface area (Å²) in [6, 6.07) is 23.8. The summed E-state index contributed by atoms with van der Waals surface area (Å²) in [5.74, 6) is 0.276. The van der Waals surface area contributed by atoms with E-state index in [1.165, 1.54) is 16.4 Å². The van der Waals surface area contributed by atoms with Gasteiger partial charge in [-0.2, -0.15) is 4.31 Å². The average molecular weight is 480 g/mol. The minimum absolute atomic E-state index is 0.220. The number of hydrogen-bond acceptors (Lipinski definition) is 5. The van der Waals surface area contributed by atoms with E-state index in [1.54, 1.807) is 19.1 Å². The molecule has 1 atom stereocenters. The van der Waals surface area contributed by atoms with Gasteiger partial charge in [0.1, 0.15) is 5.75 Å². The monoisotopic (exact) mass is 479 g/mol. The van der Waals surface area contributed by atoms with Crippen LogP contribution in [0.3, 0.4) is 0 Å². The lowest BCUT2D eigenvalue weighted by atomic mass is 10.1. The number of carbonyl (C=O) groups is 1. The molecule has 7 nitrogen and oxygen atoms in total. The highest BCUT2D eigenvalue weighted by Gasteiger charge is 2.27. The Morgan fingerprint density at radius 2 is 1.44 bits per heavy atom. The zero-order valence-electron chi connectivity index (χ0n) is 19.3. The second-order valence-electron chi connectivity index (χ2n) is 8.37. The van der Waals surface area contributed by atoms with Crippen molar-refractivity contribution in [1.82, 2.24) is 9.21 Å². The minimum atomic E-state index is -3.54. The van der Waals surface area contributed by atoms with Crippen molar-refractivity contribution in [2.75, 3.05) is 38.5 Å². The summed E-state index contributed by atoms with van der Waals surface area (Å²) in [5, 5.41) is 2.78. The second-order valence-corrected chi connectivity index (χ2v) is 10.3. The van der Waals surface area contributed by atoms with E-state index in [-0.39, 0.29) is 10.8 Å². The zero-order valence-corrected chi connectivity index (χ0v) is 20.2. The molecule has 1 aliphatic heterocycles. The topological polar surface area (TPSA) is 78.9 Å². The molecule has 3 aromatic rings. The Morgan fingerprint density at radius 3 is 2.06 bits per heavy atom. The summed E-state index contributed by atoms with van der Waals surface area (Å²) >= 11 is 0. The van der Waals surface area contributed by atoms with Gasteiger partial charge < -0.3 is 15.0 Å². The first-order valence-electron chi connectivity index (χ1n) is 11.2. The molecule has 3 aromatic carbocycles. The molecule has 0 bridgehead atoms. The van der Waals surface area contributed by atoms with Crippen LogP contribution in [0.25, 0.3) is 11.1 Å². The smallest absolute Gasteiger partial charge is 0.265 e. The van der Waals surface area contributed by atoms with Gasteiger partial charge in [-0.05, 0) is 61.5 Å². The third-order valence-electron chi connectivity index (χ3n) is 5.87. The van der Waals surface area contributed by atoms with Gasteiger partial charge in [0.2, 0.25) is 10.0 Å². The maximum atomic E-state index is 12.9. The number of amides is 1. The summed E-state index contributed by atoms with van der Waals surface area (Å²) in [4.78, 5) is 14.9. The number of sulfonamides is 1. The van der Waals surface area contributed by atoms with Crippen molar-refractivity contribution >= 4 is 21.6 Å². The van der Waals surface area contributed by atoms with Crippen LogP contribution in [0.1, 0.15) is 6.92 Å². The first kappa shape index (κ1) is 23.9. The number of ether oxygens (including phenoxy) is 1. The molecule has 1 amide bonds. The fraction of sp³-hybridized carbons (Fsp3) is 0.269. The predicted molar refractivity (Wildman–Crippen MR) is 133 cm³/mol. The van der Waals surface area contributed by atoms with Crippen LogP contribution in [0.5, 0.6) is 5.75 Å². The molecule has 1 unspecified atom stereocenters. The molecule has 34 heavy (non-hydrogen) atoms. The van der Waals surface area contributed by atoms with Crippen LogP contribution >= 0.6 is 0 Å². The van der Waals surface area contributed by atoms with E-state index in [0.29, 0.717) is 37.6 Å². The van der Waals surface area contributed by atoms with Crippen molar-refractivity contribution in [3.63, 3.8) is 0 Å². The van der Waals surface area contributed by atoms with Gasteiger partial charge in [-0.1, -0.05) is 42.5 Å². The number of piperazine rings is 1. The van der Waals surface area contributed by atoms with Crippen molar-refractivity contribution in [3.05, 3.63) is 78.9 Å². The number of anilines is 1. The standard InChI is InChI=1S/C26H29N3O4S/c1-20(33-24-12-8-22(9-13-24)21-6-4-3-5-7-21)26(30)27-23-10-14-25(15-11-23)34(31,32)29-18-16-28(2)17-19-29/h3-15,20H,16-19H2,1-2H3,(H,27,30). The van der Waals surface area contributed by atoms with Crippen LogP contribution in [0, 0.1) is 0 Å². The Hall–Kier alpha value is -3.20. The highest BCUT2D eigenvalue weighted by Crippen LogP contribution is 2.23. The first-order chi connectivity index (χ1) is 16.3. The van der Waals surface area contributed by atoms with E-state index < -0.39 is 16.1 Å². The molecular formula is C26H29N3O4S. The van der Waals surface area contributed by atoms with Gasteiger partial charge in [-0.3, -0.25) is 4.79 Å². The number of nitrogens with one attached hydrogen (secondary N) is 1. The number of likely N-dealkylation sites (N-methyl/N-ethyl adjacent to an activating group) is 1. The molecule has 1 heterocycles. The Labute approximate surface area is 201 Å². The Kier molecular flexibility index (Phi) is 7.31. The summed E-state index contributed by atoms with van der Waals surface area (Å²) in [6.45, 7) is 4.03.